The lowest BCUT2D eigenvalue weighted by atomic mass is 10.0. The van der Waals surface area contributed by atoms with E-state index in [1.54, 1.807) is 0 Å². The van der Waals surface area contributed by atoms with Gasteiger partial charge in [-0.25, -0.2) is 4.98 Å². The molecule has 1 aliphatic carbocycles. The number of benzene rings is 1. The fourth-order valence-corrected chi connectivity index (χ4v) is 3.88. The van der Waals surface area contributed by atoms with Crippen molar-refractivity contribution in [2.75, 3.05) is 19.8 Å². The van der Waals surface area contributed by atoms with Crippen molar-refractivity contribution < 1.29 is 14.3 Å². The lowest BCUT2D eigenvalue weighted by Gasteiger charge is -2.13. The molecule has 3 rings (SSSR count). The molecule has 0 atom stereocenters. The minimum absolute atomic E-state index is 0.0202. The highest BCUT2D eigenvalue weighted by Crippen LogP contribution is 2.30. The molecule has 5 nitrogen and oxygen atoms in total. The van der Waals surface area contributed by atoms with Crippen molar-refractivity contribution in [3.8, 4) is 22.8 Å². The van der Waals surface area contributed by atoms with Gasteiger partial charge in [0.1, 0.15) is 5.75 Å². The Bertz CT molecular complexity index is 783. The zero-order valence-corrected chi connectivity index (χ0v) is 17.6. The second-order valence-corrected chi connectivity index (χ2v) is 7.51. The number of hydrogen-bond donors (Lipinski definition) is 1. The van der Waals surface area contributed by atoms with Crippen molar-refractivity contribution >= 4 is 5.91 Å². The topological polar surface area (TPSA) is 60.5 Å². The van der Waals surface area contributed by atoms with Crippen molar-refractivity contribution in [2.24, 2.45) is 5.92 Å². The summed E-state index contributed by atoms with van der Waals surface area (Å²) in [5, 5.41) is 3.04. The summed E-state index contributed by atoms with van der Waals surface area (Å²) >= 11 is 0. The fraction of sp³-hybridized carbons (Fsp3) is 0.500. The summed E-state index contributed by atoms with van der Waals surface area (Å²) in [7, 11) is 0. The first-order chi connectivity index (χ1) is 14.2. The van der Waals surface area contributed by atoms with Crippen molar-refractivity contribution in [3.05, 3.63) is 42.1 Å². The first kappa shape index (κ1) is 21.2. The van der Waals surface area contributed by atoms with Crippen LogP contribution in [0.2, 0.25) is 0 Å². The van der Waals surface area contributed by atoms with E-state index in [9.17, 15) is 4.79 Å². The second kappa shape index (κ2) is 10.8. The van der Waals surface area contributed by atoms with Crippen molar-refractivity contribution in [3.63, 3.8) is 0 Å². The largest absolute Gasteiger partial charge is 0.494 e. The average Bonchev–Trinajstić information content (AvgIpc) is 3.23. The normalized spacial score (nSPS) is 14.0. The maximum absolute atomic E-state index is 12.3. The van der Waals surface area contributed by atoms with E-state index in [-0.39, 0.29) is 12.3 Å². The van der Waals surface area contributed by atoms with Crippen LogP contribution in [0.3, 0.4) is 0 Å². The SMILES string of the molecule is CCOc1ccc(-c2ccc(CC(=O)NCCC3CCCC3)nc2OCC)cc1. The zero-order valence-electron chi connectivity index (χ0n) is 17.6. The molecule has 1 saturated carbocycles. The van der Waals surface area contributed by atoms with Gasteiger partial charge in [-0.15, -0.1) is 0 Å². The molecule has 1 N–H and O–H groups in total. The highest BCUT2D eigenvalue weighted by Gasteiger charge is 2.15. The minimum Gasteiger partial charge on any atom is -0.494 e. The van der Waals surface area contributed by atoms with E-state index < -0.39 is 0 Å². The standard InChI is InChI=1S/C24H32N2O3/c1-3-28-21-12-9-19(10-13-21)22-14-11-20(26-24(22)29-4-2)17-23(27)25-16-15-18-7-5-6-8-18/h9-14,18H,3-8,15-17H2,1-2H3,(H,25,27). The summed E-state index contributed by atoms with van der Waals surface area (Å²) in [5.74, 6) is 2.21. The maximum atomic E-state index is 12.3. The average molecular weight is 397 g/mol. The second-order valence-electron chi connectivity index (χ2n) is 7.51. The third-order valence-corrected chi connectivity index (χ3v) is 5.37. The van der Waals surface area contributed by atoms with Crippen molar-refractivity contribution in [1.82, 2.24) is 10.3 Å². The van der Waals surface area contributed by atoms with Gasteiger partial charge < -0.3 is 14.8 Å². The number of carbonyl (C=O) groups is 1. The van der Waals surface area contributed by atoms with E-state index in [1.807, 2.05) is 50.2 Å². The molecular formula is C24H32N2O3. The van der Waals surface area contributed by atoms with Crippen LogP contribution < -0.4 is 14.8 Å². The molecule has 0 aliphatic heterocycles. The van der Waals surface area contributed by atoms with Crippen LogP contribution in [-0.4, -0.2) is 30.6 Å². The van der Waals surface area contributed by atoms with Crippen LogP contribution >= 0.6 is 0 Å². The molecule has 5 heteroatoms. The van der Waals surface area contributed by atoms with Crippen LogP contribution in [0.5, 0.6) is 11.6 Å². The third-order valence-electron chi connectivity index (χ3n) is 5.37. The Morgan fingerprint density at radius 3 is 2.45 bits per heavy atom. The Labute approximate surface area is 173 Å². The van der Waals surface area contributed by atoms with Crippen LogP contribution in [0.25, 0.3) is 11.1 Å². The van der Waals surface area contributed by atoms with Gasteiger partial charge in [0.15, 0.2) is 0 Å². The molecule has 156 valence electrons. The molecule has 1 aromatic carbocycles. The Morgan fingerprint density at radius 2 is 1.76 bits per heavy atom. The summed E-state index contributed by atoms with van der Waals surface area (Å²) < 4.78 is 11.3. The highest BCUT2D eigenvalue weighted by molar-refractivity contribution is 5.78. The van der Waals surface area contributed by atoms with Crippen LogP contribution in [0, 0.1) is 5.92 Å². The molecule has 1 aliphatic rings. The fourth-order valence-electron chi connectivity index (χ4n) is 3.88. The number of carbonyl (C=O) groups excluding carboxylic acids is 1. The summed E-state index contributed by atoms with van der Waals surface area (Å²) in [6, 6.07) is 11.8. The van der Waals surface area contributed by atoms with Gasteiger partial charge in [-0.1, -0.05) is 37.8 Å². The highest BCUT2D eigenvalue weighted by atomic mass is 16.5. The van der Waals surface area contributed by atoms with E-state index in [0.717, 1.165) is 41.5 Å². The number of amides is 1. The summed E-state index contributed by atoms with van der Waals surface area (Å²) in [5.41, 5.74) is 2.65. The summed E-state index contributed by atoms with van der Waals surface area (Å²) in [6.07, 6.45) is 6.64. The molecule has 0 spiro atoms. The Kier molecular flexibility index (Phi) is 7.91. The Morgan fingerprint density at radius 1 is 1.03 bits per heavy atom. The molecule has 1 amide bonds. The van der Waals surface area contributed by atoms with E-state index in [1.165, 1.54) is 25.7 Å². The van der Waals surface area contributed by atoms with Crippen LogP contribution in [0.4, 0.5) is 0 Å². The van der Waals surface area contributed by atoms with E-state index in [0.29, 0.717) is 19.1 Å². The quantitative estimate of drug-likeness (QED) is 0.627. The minimum atomic E-state index is 0.0202. The summed E-state index contributed by atoms with van der Waals surface area (Å²) in [4.78, 5) is 16.9. The zero-order chi connectivity index (χ0) is 20.5. The van der Waals surface area contributed by atoms with E-state index in [4.69, 9.17) is 9.47 Å². The van der Waals surface area contributed by atoms with Gasteiger partial charge in [0.2, 0.25) is 11.8 Å². The van der Waals surface area contributed by atoms with E-state index >= 15 is 0 Å². The predicted molar refractivity (Wildman–Crippen MR) is 115 cm³/mol. The Hall–Kier alpha value is -2.56. The smallest absolute Gasteiger partial charge is 0.226 e. The lowest BCUT2D eigenvalue weighted by molar-refractivity contribution is -0.120. The number of hydrogen-bond acceptors (Lipinski definition) is 4. The van der Waals surface area contributed by atoms with Gasteiger partial charge in [0, 0.05) is 12.1 Å². The number of ether oxygens (including phenoxy) is 2. The number of aromatic nitrogens is 1. The first-order valence-corrected chi connectivity index (χ1v) is 10.8. The summed E-state index contributed by atoms with van der Waals surface area (Å²) in [6.45, 7) is 5.82. The molecule has 1 heterocycles. The molecule has 0 bridgehead atoms. The maximum Gasteiger partial charge on any atom is 0.226 e. The monoisotopic (exact) mass is 396 g/mol. The molecule has 1 fully saturated rings. The van der Waals surface area contributed by atoms with Crippen LogP contribution in [-0.2, 0) is 11.2 Å². The molecule has 1 aromatic heterocycles. The van der Waals surface area contributed by atoms with Gasteiger partial charge in [-0.3, -0.25) is 4.79 Å². The molecule has 0 saturated heterocycles. The number of nitrogens with one attached hydrogen (secondary N) is 1. The van der Waals surface area contributed by atoms with Crippen molar-refractivity contribution in [2.45, 2.75) is 52.4 Å². The molecule has 2 aromatic rings. The van der Waals surface area contributed by atoms with Gasteiger partial charge in [0.05, 0.1) is 25.3 Å². The number of rotatable bonds is 10. The van der Waals surface area contributed by atoms with Gasteiger partial charge in [-0.05, 0) is 56.0 Å². The predicted octanol–water partition coefficient (Wildman–Crippen LogP) is 4.79. The Balaban J connectivity index is 1.62. The van der Waals surface area contributed by atoms with Gasteiger partial charge in [0.25, 0.3) is 0 Å². The van der Waals surface area contributed by atoms with Crippen LogP contribution in [0.15, 0.2) is 36.4 Å². The molecule has 0 unspecified atom stereocenters. The molecule has 29 heavy (non-hydrogen) atoms. The van der Waals surface area contributed by atoms with Crippen LogP contribution in [0.1, 0.15) is 51.6 Å². The first-order valence-electron chi connectivity index (χ1n) is 10.8. The molecule has 0 radical (unpaired) electrons. The number of nitrogens with zero attached hydrogens (tertiary/aromatic N) is 1. The lowest BCUT2D eigenvalue weighted by Crippen LogP contribution is -2.27. The molecular weight excluding hydrogens is 364 g/mol. The van der Waals surface area contributed by atoms with Gasteiger partial charge in [-0.2, -0.15) is 0 Å². The van der Waals surface area contributed by atoms with Crippen molar-refractivity contribution in [1.29, 1.82) is 0 Å². The number of pyridine rings is 1. The van der Waals surface area contributed by atoms with E-state index in [2.05, 4.69) is 10.3 Å². The third kappa shape index (κ3) is 6.21. The van der Waals surface area contributed by atoms with Gasteiger partial charge >= 0.3 is 0 Å².